The van der Waals surface area contributed by atoms with Gasteiger partial charge in [0.05, 0.1) is 0 Å². The Morgan fingerprint density at radius 3 is 1.88 bits per heavy atom. The van der Waals surface area contributed by atoms with E-state index in [-0.39, 0.29) is 31.3 Å². The number of hydrogen-bond acceptors (Lipinski definition) is 3. The zero-order valence-electron chi connectivity index (χ0n) is 14.1. The molecule has 148 valence electrons. The molecule has 0 aromatic heterocycles. The molecule has 1 N–H and O–H groups in total. The number of rotatable bonds is 3. The lowest BCUT2D eigenvalue weighted by Crippen LogP contribution is -2.73. The minimum atomic E-state index is -5.88. The molecule has 26 heavy (non-hydrogen) atoms. The van der Waals surface area contributed by atoms with Crippen molar-refractivity contribution < 1.29 is 41.0 Å². The van der Waals surface area contributed by atoms with Gasteiger partial charge in [0.2, 0.25) is 0 Å². The average molecular weight is 386 g/mol. The maximum absolute atomic E-state index is 13.5. The van der Waals surface area contributed by atoms with Crippen LogP contribution in [0.25, 0.3) is 0 Å². The van der Waals surface area contributed by atoms with Gasteiger partial charge in [-0.05, 0) is 57.3 Å². The van der Waals surface area contributed by atoms with E-state index in [1.54, 1.807) is 0 Å². The Hall–Kier alpha value is -1.25. The molecule has 4 saturated carbocycles. The van der Waals surface area contributed by atoms with Crippen LogP contribution >= 0.6 is 0 Å². The third kappa shape index (κ3) is 2.57. The molecule has 0 aromatic rings. The zero-order valence-corrected chi connectivity index (χ0v) is 14.1. The van der Waals surface area contributed by atoms with Crippen LogP contribution in [0.4, 0.5) is 26.3 Å². The molecule has 2 atom stereocenters. The number of carbonyl (C=O) groups excluding carboxylic acids is 1. The predicted molar refractivity (Wildman–Crippen MR) is 77.8 cm³/mol. The van der Waals surface area contributed by atoms with Crippen molar-refractivity contribution in [2.45, 2.75) is 69.0 Å². The molecule has 9 heteroatoms. The van der Waals surface area contributed by atoms with Crippen molar-refractivity contribution in [1.29, 1.82) is 0 Å². The first kappa shape index (κ1) is 19.5. The van der Waals surface area contributed by atoms with Gasteiger partial charge in [0.15, 0.2) is 0 Å². The van der Waals surface area contributed by atoms with Gasteiger partial charge in [0.1, 0.15) is 5.60 Å². The summed E-state index contributed by atoms with van der Waals surface area (Å²) in [6.45, 7) is 4.78. The Kier molecular flexibility index (Phi) is 4.05. The molecule has 4 rings (SSSR count). The second-order valence-corrected chi connectivity index (χ2v) is 8.30. The number of hydrogen-bond donors (Lipinski definition) is 1. The van der Waals surface area contributed by atoms with Crippen LogP contribution < -0.4 is 0 Å². The number of alkyl halides is 6. The predicted octanol–water partition coefficient (Wildman–Crippen LogP) is 4.30. The van der Waals surface area contributed by atoms with Crippen LogP contribution in [-0.2, 0) is 9.53 Å². The van der Waals surface area contributed by atoms with Crippen molar-refractivity contribution in [1.82, 2.24) is 0 Å². The third-order valence-corrected chi connectivity index (χ3v) is 6.25. The topological polar surface area (TPSA) is 46.5 Å². The van der Waals surface area contributed by atoms with Gasteiger partial charge in [0, 0.05) is 11.0 Å². The number of aliphatic hydroxyl groups is 1. The lowest BCUT2D eigenvalue weighted by molar-refractivity contribution is -0.422. The van der Waals surface area contributed by atoms with Crippen molar-refractivity contribution in [3.05, 3.63) is 12.2 Å². The highest BCUT2D eigenvalue weighted by Crippen LogP contribution is 2.70. The molecule has 2 unspecified atom stereocenters. The van der Waals surface area contributed by atoms with Gasteiger partial charge in [-0.25, -0.2) is 4.79 Å². The molecule has 0 aliphatic heterocycles. The fourth-order valence-corrected chi connectivity index (χ4v) is 5.77. The molecule has 0 saturated heterocycles. The summed E-state index contributed by atoms with van der Waals surface area (Å²) in [5.41, 5.74) is -8.66. The maximum Gasteiger partial charge on any atom is 0.426 e. The summed E-state index contributed by atoms with van der Waals surface area (Å²) in [7, 11) is 0. The Morgan fingerprint density at radius 1 is 1.04 bits per heavy atom. The van der Waals surface area contributed by atoms with E-state index >= 15 is 0 Å². The number of esters is 1. The summed E-state index contributed by atoms with van der Waals surface area (Å²) in [6, 6.07) is 0. The standard InChI is InChI=1S/C17H20F6O3/c1-9(2)12(24)26-14-6-10-3-11(7-14)5-13(4-10,8-14)15(25,16(18,19)20)17(21,22)23/h10-11,25H,1,3-8H2,2H3. The van der Waals surface area contributed by atoms with E-state index < -0.39 is 53.2 Å². The summed E-state index contributed by atoms with van der Waals surface area (Å²) < 4.78 is 86.6. The normalized spacial score (nSPS) is 36.9. The Labute approximate surface area is 146 Å². The van der Waals surface area contributed by atoms with Gasteiger partial charge in [-0.1, -0.05) is 6.58 Å². The van der Waals surface area contributed by atoms with E-state index in [0.29, 0.717) is 6.42 Å². The largest absolute Gasteiger partial charge is 0.456 e. The molecule has 0 amide bonds. The first-order valence-electron chi connectivity index (χ1n) is 8.39. The van der Waals surface area contributed by atoms with Gasteiger partial charge in [-0.15, -0.1) is 0 Å². The lowest BCUT2D eigenvalue weighted by atomic mass is 9.43. The Balaban J connectivity index is 2.07. The highest BCUT2D eigenvalue weighted by atomic mass is 19.4. The van der Waals surface area contributed by atoms with Gasteiger partial charge >= 0.3 is 18.3 Å². The number of carbonyl (C=O) groups is 1. The van der Waals surface area contributed by atoms with Crippen molar-refractivity contribution in [2.75, 3.05) is 0 Å². The molecule has 0 radical (unpaired) electrons. The molecule has 3 nitrogen and oxygen atoms in total. The maximum atomic E-state index is 13.5. The van der Waals surface area contributed by atoms with E-state index in [4.69, 9.17) is 4.74 Å². The summed E-state index contributed by atoms with van der Waals surface area (Å²) in [6.07, 6.45) is -12.3. The lowest BCUT2D eigenvalue weighted by Gasteiger charge is -2.65. The van der Waals surface area contributed by atoms with E-state index in [9.17, 15) is 36.2 Å². The Bertz CT molecular complexity index is 607. The summed E-state index contributed by atoms with van der Waals surface area (Å²) in [5, 5.41) is 10.1. The molecule has 4 bridgehead atoms. The highest BCUT2D eigenvalue weighted by Gasteiger charge is 2.82. The summed E-state index contributed by atoms with van der Waals surface area (Å²) >= 11 is 0. The van der Waals surface area contributed by atoms with E-state index in [2.05, 4.69) is 6.58 Å². The average Bonchev–Trinajstić information content (AvgIpc) is 2.41. The number of ether oxygens (including phenoxy) is 1. The van der Waals surface area contributed by atoms with Crippen LogP contribution in [0.2, 0.25) is 0 Å². The van der Waals surface area contributed by atoms with Gasteiger partial charge in [-0.2, -0.15) is 26.3 Å². The second-order valence-electron chi connectivity index (χ2n) is 8.30. The first-order valence-corrected chi connectivity index (χ1v) is 8.39. The fraction of sp³-hybridized carbons (Fsp3) is 0.824. The molecule has 0 spiro atoms. The number of halogens is 6. The molecular weight excluding hydrogens is 366 g/mol. The third-order valence-electron chi connectivity index (χ3n) is 6.25. The first-order chi connectivity index (χ1) is 11.6. The van der Waals surface area contributed by atoms with Crippen LogP contribution in [0.15, 0.2) is 12.2 Å². The minimum Gasteiger partial charge on any atom is -0.456 e. The smallest absolute Gasteiger partial charge is 0.426 e. The molecule has 0 heterocycles. The molecule has 4 aliphatic rings. The van der Waals surface area contributed by atoms with Crippen molar-refractivity contribution in [3.8, 4) is 0 Å². The fourth-order valence-electron chi connectivity index (χ4n) is 5.77. The zero-order chi connectivity index (χ0) is 19.8. The van der Waals surface area contributed by atoms with E-state index in [1.165, 1.54) is 6.92 Å². The molecule has 4 fully saturated rings. The van der Waals surface area contributed by atoms with Crippen molar-refractivity contribution >= 4 is 5.97 Å². The van der Waals surface area contributed by atoms with Crippen LogP contribution in [0, 0.1) is 17.3 Å². The monoisotopic (exact) mass is 386 g/mol. The highest BCUT2D eigenvalue weighted by molar-refractivity contribution is 5.87. The second kappa shape index (κ2) is 5.39. The summed E-state index contributed by atoms with van der Waals surface area (Å²) in [4.78, 5) is 11.9. The summed E-state index contributed by atoms with van der Waals surface area (Å²) in [5.74, 6) is -1.74. The SMILES string of the molecule is C=C(C)C(=O)OC12CC3CC(C1)CC(C(O)(C(F)(F)F)C(F)(F)F)(C3)C2. The molecular formula is C17H20F6O3. The van der Waals surface area contributed by atoms with Gasteiger partial charge in [0.25, 0.3) is 5.60 Å². The van der Waals surface area contributed by atoms with Gasteiger partial charge < -0.3 is 9.84 Å². The van der Waals surface area contributed by atoms with E-state index in [0.717, 1.165) is 0 Å². The molecule has 4 aliphatic carbocycles. The van der Waals surface area contributed by atoms with Crippen LogP contribution in [0.3, 0.4) is 0 Å². The Morgan fingerprint density at radius 2 is 1.50 bits per heavy atom. The van der Waals surface area contributed by atoms with Crippen LogP contribution in [-0.4, -0.2) is 34.6 Å². The minimum absolute atomic E-state index is 0.0247. The van der Waals surface area contributed by atoms with E-state index in [1.807, 2.05) is 0 Å². The van der Waals surface area contributed by atoms with Crippen LogP contribution in [0.1, 0.15) is 45.4 Å². The molecule has 0 aromatic carbocycles. The van der Waals surface area contributed by atoms with Crippen molar-refractivity contribution in [2.24, 2.45) is 17.3 Å². The van der Waals surface area contributed by atoms with Crippen LogP contribution in [0.5, 0.6) is 0 Å². The quantitative estimate of drug-likeness (QED) is 0.447. The van der Waals surface area contributed by atoms with Gasteiger partial charge in [-0.3, -0.25) is 0 Å². The van der Waals surface area contributed by atoms with Crippen molar-refractivity contribution in [3.63, 3.8) is 0 Å².